The molecular weight excluding hydrogens is 312 g/mol. The zero-order valence-electron chi connectivity index (χ0n) is 11.8. The van der Waals surface area contributed by atoms with Crippen molar-refractivity contribution < 1.29 is 18.3 Å². The monoisotopic (exact) mass is 325 g/mol. The van der Waals surface area contributed by atoms with Crippen molar-refractivity contribution in [2.45, 2.75) is 19.7 Å². The second-order valence-corrected chi connectivity index (χ2v) is 4.54. The van der Waals surface area contributed by atoms with Crippen LogP contribution in [0.3, 0.4) is 0 Å². The van der Waals surface area contributed by atoms with E-state index >= 15 is 0 Å². The fourth-order valence-corrected chi connectivity index (χ4v) is 1.77. The number of carbonyl (C=O) groups excluding carboxylic acids is 1. The highest BCUT2D eigenvalue weighted by molar-refractivity contribution is 5.75. The largest absolute Gasteiger partial charge is 0.435 e. The van der Waals surface area contributed by atoms with E-state index in [-0.39, 0.29) is 18.8 Å². The molecule has 122 valence electrons. The maximum absolute atomic E-state index is 12.0. The second kappa shape index (κ2) is 7.34. The van der Waals surface area contributed by atoms with Gasteiger partial charge in [0.15, 0.2) is 0 Å². The van der Waals surface area contributed by atoms with Crippen molar-refractivity contribution in [1.82, 2.24) is 14.9 Å². The Bertz CT molecular complexity index is 784. The summed E-state index contributed by atoms with van der Waals surface area (Å²) >= 11 is 0. The van der Waals surface area contributed by atoms with Gasteiger partial charge in [-0.15, -0.1) is 0 Å². The lowest BCUT2D eigenvalue weighted by atomic mass is 10.2. The van der Waals surface area contributed by atoms with Gasteiger partial charge in [0, 0.05) is 18.8 Å². The molecule has 2 N–H and O–H groups in total. The molecule has 0 aliphatic heterocycles. The van der Waals surface area contributed by atoms with E-state index in [2.05, 4.69) is 10.1 Å². The molecule has 23 heavy (non-hydrogen) atoms. The van der Waals surface area contributed by atoms with Crippen molar-refractivity contribution in [2.24, 2.45) is 0 Å². The minimum Gasteiger partial charge on any atom is -0.435 e. The van der Waals surface area contributed by atoms with Gasteiger partial charge in [-0.05, 0) is 17.7 Å². The summed E-state index contributed by atoms with van der Waals surface area (Å²) in [5.74, 6) is -0.415. The van der Waals surface area contributed by atoms with E-state index in [4.69, 9.17) is 0 Å². The van der Waals surface area contributed by atoms with Crippen LogP contribution in [0.5, 0.6) is 5.75 Å². The highest BCUT2D eigenvalue weighted by Crippen LogP contribution is 2.14. The average Bonchev–Trinajstić information content (AvgIpc) is 2.49. The van der Waals surface area contributed by atoms with Crippen LogP contribution in [0.2, 0.25) is 0 Å². The summed E-state index contributed by atoms with van der Waals surface area (Å²) in [5, 5.41) is 2.57. The fraction of sp³-hybridized carbons (Fsp3) is 0.214. The molecule has 2 rings (SSSR count). The number of aromatic nitrogens is 2. The molecule has 0 atom stereocenters. The van der Waals surface area contributed by atoms with Crippen LogP contribution in [-0.2, 0) is 17.9 Å². The number of hydrogen-bond acceptors (Lipinski definition) is 4. The number of alkyl halides is 2. The molecule has 1 aromatic carbocycles. The van der Waals surface area contributed by atoms with E-state index in [9.17, 15) is 23.2 Å². The molecular formula is C14H13F2N3O4. The molecule has 0 bridgehead atoms. The molecule has 0 saturated heterocycles. The van der Waals surface area contributed by atoms with Gasteiger partial charge in [-0.1, -0.05) is 12.1 Å². The molecule has 1 heterocycles. The highest BCUT2D eigenvalue weighted by atomic mass is 19.3. The quantitative estimate of drug-likeness (QED) is 0.807. The Labute approximate surface area is 128 Å². The Hall–Kier alpha value is -2.97. The summed E-state index contributed by atoms with van der Waals surface area (Å²) in [7, 11) is 0. The minimum atomic E-state index is -2.89. The van der Waals surface area contributed by atoms with Crippen LogP contribution in [0.15, 0.2) is 46.1 Å². The van der Waals surface area contributed by atoms with Crippen LogP contribution in [0.4, 0.5) is 8.78 Å². The molecule has 7 nitrogen and oxygen atoms in total. The lowest BCUT2D eigenvalue weighted by Crippen LogP contribution is -2.35. The molecule has 0 aliphatic carbocycles. The fourth-order valence-electron chi connectivity index (χ4n) is 1.77. The SMILES string of the molecule is O=C(Cn1ccc(=O)[nH]c1=O)NCc1ccc(OC(F)F)cc1. The standard InChI is InChI=1S/C14H13F2N3O4/c15-13(16)23-10-3-1-9(2-4-10)7-17-12(21)8-19-6-5-11(20)18-14(19)22/h1-6,13H,7-8H2,(H,17,21)(H,18,20,22). The van der Waals surface area contributed by atoms with Crippen molar-refractivity contribution >= 4 is 5.91 Å². The third kappa shape index (κ3) is 5.06. The first-order chi connectivity index (χ1) is 10.9. The number of benzene rings is 1. The third-order valence-electron chi connectivity index (χ3n) is 2.85. The van der Waals surface area contributed by atoms with Gasteiger partial charge in [0.1, 0.15) is 12.3 Å². The summed E-state index contributed by atoms with van der Waals surface area (Å²) in [6, 6.07) is 6.92. The van der Waals surface area contributed by atoms with Gasteiger partial charge in [0.25, 0.3) is 5.56 Å². The van der Waals surface area contributed by atoms with Crippen LogP contribution in [0.1, 0.15) is 5.56 Å². The van der Waals surface area contributed by atoms with Crippen molar-refractivity contribution in [1.29, 1.82) is 0 Å². The maximum atomic E-state index is 12.0. The van der Waals surface area contributed by atoms with Gasteiger partial charge < -0.3 is 10.1 Å². The Kier molecular flexibility index (Phi) is 5.23. The van der Waals surface area contributed by atoms with Crippen molar-refractivity contribution in [2.75, 3.05) is 0 Å². The molecule has 1 amide bonds. The zero-order chi connectivity index (χ0) is 16.8. The van der Waals surface area contributed by atoms with Gasteiger partial charge >= 0.3 is 12.3 Å². The summed E-state index contributed by atoms with van der Waals surface area (Å²) < 4.78 is 29.3. The topological polar surface area (TPSA) is 93.2 Å². The number of carbonyl (C=O) groups is 1. The van der Waals surface area contributed by atoms with Crippen LogP contribution < -0.4 is 21.3 Å². The van der Waals surface area contributed by atoms with E-state index in [1.165, 1.54) is 30.5 Å². The van der Waals surface area contributed by atoms with Gasteiger partial charge in [-0.3, -0.25) is 19.1 Å². The highest BCUT2D eigenvalue weighted by Gasteiger charge is 2.06. The van der Waals surface area contributed by atoms with E-state index in [0.29, 0.717) is 5.56 Å². The number of halogens is 2. The first kappa shape index (κ1) is 16.4. The van der Waals surface area contributed by atoms with Gasteiger partial charge in [0.2, 0.25) is 5.91 Å². The second-order valence-electron chi connectivity index (χ2n) is 4.54. The van der Waals surface area contributed by atoms with Crippen LogP contribution in [0, 0.1) is 0 Å². The summed E-state index contributed by atoms with van der Waals surface area (Å²) in [5.41, 5.74) is -0.548. The first-order valence-corrected chi connectivity index (χ1v) is 6.54. The molecule has 0 radical (unpaired) electrons. The molecule has 0 saturated carbocycles. The maximum Gasteiger partial charge on any atom is 0.387 e. The molecule has 9 heteroatoms. The predicted octanol–water partition coefficient (Wildman–Crippen LogP) is 0.454. The van der Waals surface area contributed by atoms with Crippen LogP contribution in [-0.4, -0.2) is 22.1 Å². The Morgan fingerprint density at radius 1 is 1.22 bits per heavy atom. The number of nitrogens with one attached hydrogen (secondary N) is 2. The lowest BCUT2D eigenvalue weighted by molar-refractivity contribution is -0.121. The van der Waals surface area contributed by atoms with E-state index < -0.39 is 23.8 Å². The number of rotatable bonds is 6. The normalized spacial score (nSPS) is 10.6. The molecule has 0 unspecified atom stereocenters. The zero-order valence-corrected chi connectivity index (χ0v) is 11.8. The van der Waals surface area contributed by atoms with E-state index in [0.717, 1.165) is 10.6 Å². The Morgan fingerprint density at radius 3 is 2.52 bits per heavy atom. The van der Waals surface area contributed by atoms with Crippen molar-refractivity contribution in [3.05, 3.63) is 62.9 Å². The lowest BCUT2D eigenvalue weighted by Gasteiger charge is -2.08. The van der Waals surface area contributed by atoms with E-state index in [1.807, 2.05) is 4.98 Å². The number of ether oxygens (including phenoxy) is 1. The van der Waals surface area contributed by atoms with Crippen LogP contribution in [0.25, 0.3) is 0 Å². The number of amides is 1. The molecule has 0 fully saturated rings. The number of aromatic amines is 1. The van der Waals surface area contributed by atoms with Crippen LogP contribution >= 0.6 is 0 Å². The predicted molar refractivity (Wildman–Crippen MR) is 76.2 cm³/mol. The van der Waals surface area contributed by atoms with E-state index in [1.54, 1.807) is 0 Å². The summed E-state index contributed by atoms with van der Waals surface area (Å²) in [4.78, 5) is 36.1. The minimum absolute atomic E-state index is 0.0230. The smallest absolute Gasteiger partial charge is 0.387 e. The Morgan fingerprint density at radius 2 is 1.91 bits per heavy atom. The third-order valence-corrected chi connectivity index (χ3v) is 2.85. The van der Waals surface area contributed by atoms with Crippen molar-refractivity contribution in [3.63, 3.8) is 0 Å². The van der Waals surface area contributed by atoms with Gasteiger partial charge in [-0.2, -0.15) is 8.78 Å². The molecule has 0 spiro atoms. The molecule has 0 aliphatic rings. The Balaban J connectivity index is 1.89. The van der Waals surface area contributed by atoms with Gasteiger partial charge in [-0.25, -0.2) is 4.79 Å². The number of hydrogen-bond donors (Lipinski definition) is 2. The summed E-state index contributed by atoms with van der Waals surface area (Å²) in [6.45, 7) is -2.98. The van der Waals surface area contributed by atoms with Crippen molar-refractivity contribution in [3.8, 4) is 5.75 Å². The first-order valence-electron chi connectivity index (χ1n) is 6.54. The molecule has 2 aromatic rings. The van der Waals surface area contributed by atoms with Gasteiger partial charge in [0.05, 0.1) is 0 Å². The average molecular weight is 325 g/mol. The summed E-state index contributed by atoms with van der Waals surface area (Å²) in [6.07, 6.45) is 1.22. The number of nitrogens with zero attached hydrogens (tertiary/aromatic N) is 1. The molecule has 1 aromatic heterocycles. The number of H-pyrrole nitrogens is 1.